The number of carbonyl (C=O) groups excluding carboxylic acids is 2. The Morgan fingerprint density at radius 1 is 1.15 bits per heavy atom. The van der Waals surface area contributed by atoms with Crippen molar-refractivity contribution >= 4 is 34.9 Å². The second-order valence-electron chi connectivity index (χ2n) is 8.04. The summed E-state index contributed by atoms with van der Waals surface area (Å²) < 4.78 is 6.88. The van der Waals surface area contributed by atoms with E-state index in [1.54, 1.807) is 37.3 Å². The topological polar surface area (TPSA) is 109 Å². The van der Waals surface area contributed by atoms with E-state index < -0.39 is 11.9 Å². The SMILES string of the molecule is Cc1cccc(-n2c(=S)[nH]c3cc(C(=O)NC(C)C(=O)NCc4ccco4)ccc3c2=O)c1C. The van der Waals surface area contributed by atoms with Crippen molar-refractivity contribution in [3.05, 3.63) is 92.4 Å². The second-order valence-corrected chi connectivity index (χ2v) is 8.43. The van der Waals surface area contributed by atoms with Crippen LogP contribution in [0.1, 0.15) is 34.2 Å². The highest BCUT2D eigenvalue weighted by Gasteiger charge is 2.18. The van der Waals surface area contributed by atoms with Crippen molar-refractivity contribution in [2.45, 2.75) is 33.4 Å². The predicted molar refractivity (Wildman–Crippen MR) is 132 cm³/mol. The van der Waals surface area contributed by atoms with Crippen LogP contribution in [0.2, 0.25) is 0 Å². The number of hydrogen-bond donors (Lipinski definition) is 3. The number of H-pyrrole nitrogens is 1. The lowest BCUT2D eigenvalue weighted by molar-refractivity contribution is -0.122. The fourth-order valence-corrected chi connectivity index (χ4v) is 3.93. The standard InChI is InChI=1S/C25H24N4O4S/c1-14-6-4-8-21(15(14)2)29-24(32)19-10-9-17(12-20(19)28-25(29)34)23(31)27-16(3)22(30)26-13-18-7-5-11-33-18/h4-12,16H,13H2,1-3H3,(H,26,30)(H,27,31)(H,28,34). The summed E-state index contributed by atoms with van der Waals surface area (Å²) in [5.74, 6) is -0.176. The average molecular weight is 477 g/mol. The number of aromatic nitrogens is 2. The van der Waals surface area contributed by atoms with Gasteiger partial charge in [-0.3, -0.25) is 19.0 Å². The van der Waals surface area contributed by atoms with Crippen LogP contribution in [-0.4, -0.2) is 27.4 Å². The van der Waals surface area contributed by atoms with Gasteiger partial charge in [-0.25, -0.2) is 0 Å². The third-order valence-corrected chi connectivity index (χ3v) is 6.02. The molecule has 4 rings (SSSR count). The smallest absolute Gasteiger partial charge is 0.266 e. The number of aryl methyl sites for hydroxylation is 1. The molecular weight excluding hydrogens is 452 g/mol. The number of carbonyl (C=O) groups is 2. The van der Waals surface area contributed by atoms with Gasteiger partial charge in [-0.05, 0) is 80.5 Å². The van der Waals surface area contributed by atoms with Crippen LogP contribution in [0.4, 0.5) is 0 Å². The number of fused-ring (bicyclic) bond motifs is 1. The fourth-order valence-electron chi connectivity index (χ4n) is 3.64. The molecule has 0 saturated carbocycles. The first-order valence-corrected chi connectivity index (χ1v) is 11.1. The Balaban J connectivity index is 1.57. The fraction of sp³-hybridized carbons (Fsp3) is 0.200. The number of nitrogens with one attached hydrogen (secondary N) is 3. The van der Waals surface area contributed by atoms with Gasteiger partial charge in [-0.15, -0.1) is 0 Å². The second kappa shape index (κ2) is 9.48. The summed E-state index contributed by atoms with van der Waals surface area (Å²) >= 11 is 5.47. The average Bonchev–Trinajstić information content (AvgIpc) is 3.33. The van der Waals surface area contributed by atoms with Crippen LogP contribution in [0.5, 0.6) is 0 Å². The minimum absolute atomic E-state index is 0.227. The zero-order valence-corrected chi connectivity index (χ0v) is 19.8. The maximum Gasteiger partial charge on any atom is 0.266 e. The normalized spacial score (nSPS) is 11.9. The molecule has 0 fully saturated rings. The summed E-state index contributed by atoms with van der Waals surface area (Å²) in [5, 5.41) is 5.77. The van der Waals surface area contributed by atoms with E-state index in [4.69, 9.17) is 16.6 Å². The number of hydrogen-bond acceptors (Lipinski definition) is 5. The number of benzene rings is 2. The summed E-state index contributed by atoms with van der Waals surface area (Å²) in [6.07, 6.45) is 1.52. The van der Waals surface area contributed by atoms with Gasteiger partial charge in [-0.1, -0.05) is 12.1 Å². The Hall–Kier alpha value is -3.98. The Labute approximate surface area is 200 Å². The lowest BCUT2D eigenvalue weighted by Crippen LogP contribution is -2.44. The molecule has 2 aromatic heterocycles. The van der Waals surface area contributed by atoms with Crippen LogP contribution in [0, 0.1) is 18.6 Å². The molecule has 2 aromatic carbocycles. The van der Waals surface area contributed by atoms with E-state index in [2.05, 4.69) is 15.6 Å². The van der Waals surface area contributed by atoms with E-state index in [0.717, 1.165) is 11.1 Å². The zero-order chi connectivity index (χ0) is 24.4. The van der Waals surface area contributed by atoms with Gasteiger partial charge in [0.05, 0.1) is 29.4 Å². The summed E-state index contributed by atoms with van der Waals surface area (Å²) in [6, 6.07) is 13.1. The van der Waals surface area contributed by atoms with Crippen molar-refractivity contribution in [1.82, 2.24) is 20.2 Å². The predicted octanol–water partition coefficient (Wildman–Crippen LogP) is 3.69. The van der Waals surface area contributed by atoms with E-state index in [0.29, 0.717) is 27.9 Å². The first-order chi connectivity index (χ1) is 16.3. The van der Waals surface area contributed by atoms with Crippen LogP contribution in [0.25, 0.3) is 16.6 Å². The van der Waals surface area contributed by atoms with Gasteiger partial charge in [-0.2, -0.15) is 0 Å². The maximum atomic E-state index is 13.2. The van der Waals surface area contributed by atoms with Gasteiger partial charge < -0.3 is 20.0 Å². The van der Waals surface area contributed by atoms with E-state index in [1.165, 1.54) is 10.8 Å². The molecular formula is C25H24N4O4S. The minimum atomic E-state index is -0.769. The maximum absolute atomic E-state index is 13.2. The molecule has 3 N–H and O–H groups in total. The molecule has 0 aliphatic rings. The van der Waals surface area contributed by atoms with Crippen LogP contribution < -0.4 is 16.2 Å². The van der Waals surface area contributed by atoms with Gasteiger partial charge in [0.2, 0.25) is 5.91 Å². The molecule has 0 radical (unpaired) electrons. The molecule has 1 atom stereocenters. The third kappa shape index (κ3) is 4.55. The number of aromatic amines is 1. The molecule has 2 heterocycles. The van der Waals surface area contributed by atoms with Crippen LogP contribution >= 0.6 is 12.2 Å². The zero-order valence-electron chi connectivity index (χ0n) is 19.0. The van der Waals surface area contributed by atoms with Gasteiger partial charge in [0.25, 0.3) is 11.5 Å². The molecule has 0 saturated heterocycles. The largest absolute Gasteiger partial charge is 0.467 e. The van der Waals surface area contributed by atoms with E-state index in [-0.39, 0.29) is 22.8 Å². The number of furan rings is 1. The molecule has 8 nitrogen and oxygen atoms in total. The highest BCUT2D eigenvalue weighted by Crippen LogP contribution is 2.18. The van der Waals surface area contributed by atoms with Crippen LogP contribution in [0.3, 0.4) is 0 Å². The number of amides is 2. The highest BCUT2D eigenvalue weighted by molar-refractivity contribution is 7.71. The van der Waals surface area contributed by atoms with Crippen molar-refractivity contribution in [1.29, 1.82) is 0 Å². The first-order valence-electron chi connectivity index (χ1n) is 10.7. The molecule has 0 bridgehead atoms. The van der Waals surface area contributed by atoms with Crippen molar-refractivity contribution in [2.24, 2.45) is 0 Å². The number of nitrogens with zero attached hydrogens (tertiary/aromatic N) is 1. The van der Waals surface area contributed by atoms with Crippen molar-refractivity contribution in [3.8, 4) is 5.69 Å². The molecule has 4 aromatic rings. The highest BCUT2D eigenvalue weighted by atomic mass is 32.1. The van der Waals surface area contributed by atoms with E-state index in [9.17, 15) is 14.4 Å². The third-order valence-electron chi connectivity index (χ3n) is 5.73. The molecule has 0 spiro atoms. The molecule has 0 aliphatic carbocycles. The number of rotatable bonds is 6. The van der Waals surface area contributed by atoms with Gasteiger partial charge in [0.1, 0.15) is 11.8 Å². The van der Waals surface area contributed by atoms with Crippen molar-refractivity contribution in [3.63, 3.8) is 0 Å². The Morgan fingerprint density at radius 3 is 2.68 bits per heavy atom. The summed E-state index contributed by atoms with van der Waals surface area (Å²) in [7, 11) is 0. The van der Waals surface area contributed by atoms with Crippen molar-refractivity contribution < 1.29 is 14.0 Å². The van der Waals surface area contributed by atoms with Crippen LogP contribution in [-0.2, 0) is 11.3 Å². The van der Waals surface area contributed by atoms with Crippen LogP contribution in [0.15, 0.2) is 64.0 Å². The summed E-state index contributed by atoms with van der Waals surface area (Å²) in [5.41, 5.74) is 3.19. The quantitative estimate of drug-likeness (QED) is 0.368. The summed E-state index contributed by atoms with van der Waals surface area (Å²) in [6.45, 7) is 5.73. The molecule has 174 valence electrons. The van der Waals surface area contributed by atoms with Gasteiger partial charge in [0, 0.05) is 5.56 Å². The first kappa shape index (κ1) is 23.2. The van der Waals surface area contributed by atoms with Gasteiger partial charge >= 0.3 is 0 Å². The Bertz CT molecular complexity index is 1500. The Morgan fingerprint density at radius 2 is 1.94 bits per heavy atom. The molecule has 9 heteroatoms. The molecule has 2 amide bonds. The molecule has 0 aliphatic heterocycles. The van der Waals surface area contributed by atoms with E-state index >= 15 is 0 Å². The summed E-state index contributed by atoms with van der Waals surface area (Å²) in [4.78, 5) is 41.3. The van der Waals surface area contributed by atoms with Crippen molar-refractivity contribution in [2.75, 3.05) is 0 Å². The monoisotopic (exact) mass is 476 g/mol. The minimum Gasteiger partial charge on any atom is -0.467 e. The van der Waals surface area contributed by atoms with Gasteiger partial charge in [0.15, 0.2) is 4.77 Å². The molecule has 34 heavy (non-hydrogen) atoms. The lowest BCUT2D eigenvalue weighted by Gasteiger charge is -2.15. The lowest BCUT2D eigenvalue weighted by atomic mass is 10.1. The van der Waals surface area contributed by atoms with E-state index in [1.807, 2.05) is 32.0 Å². The Kier molecular flexibility index (Phi) is 6.47. The molecule has 1 unspecified atom stereocenters.